The van der Waals surface area contributed by atoms with Crippen molar-refractivity contribution in [2.75, 3.05) is 6.54 Å². The number of halogens is 3. The molecule has 0 N–H and O–H groups in total. The largest absolute Gasteiger partial charge is 0.573 e. The first-order valence-electron chi connectivity index (χ1n) is 7.08. The Morgan fingerprint density at radius 3 is 2.61 bits per heavy atom. The van der Waals surface area contributed by atoms with Crippen molar-refractivity contribution >= 4 is 17.2 Å². The molecule has 0 fully saturated rings. The van der Waals surface area contributed by atoms with E-state index in [1.807, 2.05) is 18.4 Å². The highest BCUT2D eigenvalue weighted by molar-refractivity contribution is 7.10. The number of amides is 1. The summed E-state index contributed by atoms with van der Waals surface area (Å²) in [5, 5.41) is 2.01. The number of thiophene rings is 1. The third-order valence-electron chi connectivity index (χ3n) is 3.87. The summed E-state index contributed by atoms with van der Waals surface area (Å²) in [4.78, 5) is 15.6. The molecule has 23 heavy (non-hydrogen) atoms. The van der Waals surface area contributed by atoms with Gasteiger partial charge in [0.25, 0.3) is 5.91 Å². The molecule has 0 unspecified atom stereocenters. The Bertz CT molecular complexity index is 709. The molecule has 3 nitrogen and oxygen atoms in total. The van der Waals surface area contributed by atoms with Crippen LogP contribution in [0.5, 0.6) is 5.75 Å². The van der Waals surface area contributed by atoms with Crippen LogP contribution in [0.25, 0.3) is 0 Å². The zero-order chi connectivity index (χ0) is 16.6. The van der Waals surface area contributed by atoms with Crippen molar-refractivity contribution in [3.05, 3.63) is 51.7 Å². The molecule has 1 aliphatic heterocycles. The van der Waals surface area contributed by atoms with Gasteiger partial charge in [0.15, 0.2) is 0 Å². The van der Waals surface area contributed by atoms with Crippen molar-refractivity contribution < 1.29 is 22.7 Å². The lowest BCUT2D eigenvalue weighted by Crippen LogP contribution is -2.38. The Labute approximate surface area is 135 Å². The highest BCUT2D eigenvalue weighted by Crippen LogP contribution is 2.34. The highest BCUT2D eigenvalue weighted by Gasteiger charge is 2.32. The maximum absolute atomic E-state index is 12.6. The molecule has 2 heterocycles. The van der Waals surface area contributed by atoms with Crippen molar-refractivity contribution in [3.8, 4) is 5.75 Å². The number of hydrogen-bond donors (Lipinski definition) is 0. The van der Waals surface area contributed by atoms with Gasteiger partial charge in [-0.05, 0) is 54.6 Å². The Kier molecular flexibility index (Phi) is 4.06. The molecule has 0 bridgehead atoms. The number of alkyl halides is 3. The quantitative estimate of drug-likeness (QED) is 0.810. The summed E-state index contributed by atoms with van der Waals surface area (Å²) in [5.74, 6) is -0.520. The fourth-order valence-corrected chi connectivity index (χ4v) is 3.71. The predicted octanol–water partition coefficient (Wildman–Crippen LogP) is 4.41. The van der Waals surface area contributed by atoms with Crippen LogP contribution in [-0.2, 0) is 6.42 Å². The first-order chi connectivity index (χ1) is 10.8. The highest BCUT2D eigenvalue weighted by atomic mass is 32.1. The van der Waals surface area contributed by atoms with Gasteiger partial charge in [0.05, 0.1) is 6.04 Å². The molecular weight excluding hydrogens is 327 g/mol. The topological polar surface area (TPSA) is 29.5 Å². The normalized spacial score (nSPS) is 17.7. The fourth-order valence-electron chi connectivity index (χ4n) is 2.75. The van der Waals surface area contributed by atoms with E-state index in [2.05, 4.69) is 4.74 Å². The number of hydrogen-bond acceptors (Lipinski definition) is 3. The van der Waals surface area contributed by atoms with E-state index in [1.165, 1.54) is 17.0 Å². The van der Waals surface area contributed by atoms with Gasteiger partial charge in [-0.3, -0.25) is 4.79 Å². The molecule has 0 saturated heterocycles. The molecular formula is C16H14F3NO2S. The summed E-state index contributed by atoms with van der Waals surface area (Å²) >= 11 is 1.68. The van der Waals surface area contributed by atoms with E-state index >= 15 is 0 Å². The molecule has 1 atom stereocenters. The van der Waals surface area contributed by atoms with Crippen LogP contribution in [0.2, 0.25) is 0 Å². The molecule has 122 valence electrons. The third kappa shape index (κ3) is 3.34. The van der Waals surface area contributed by atoms with Gasteiger partial charge in [-0.15, -0.1) is 24.5 Å². The number of rotatable bonds is 2. The van der Waals surface area contributed by atoms with Gasteiger partial charge < -0.3 is 9.64 Å². The van der Waals surface area contributed by atoms with Gasteiger partial charge in [-0.2, -0.15) is 0 Å². The van der Waals surface area contributed by atoms with Crippen molar-refractivity contribution in [2.24, 2.45) is 0 Å². The molecule has 0 aliphatic carbocycles. The number of fused-ring (bicyclic) bond motifs is 1. The standard InChI is InChI=1S/C16H14F3NO2S/c1-10-13-7-9-23-14(13)6-8-20(10)15(21)11-2-4-12(5-3-11)22-16(17,18)19/h2-5,7,9-10H,6,8H2,1H3/t10-/m1/s1. The number of carbonyl (C=O) groups is 1. The van der Waals surface area contributed by atoms with Crippen LogP contribution in [-0.4, -0.2) is 23.7 Å². The van der Waals surface area contributed by atoms with Crippen molar-refractivity contribution in [2.45, 2.75) is 25.7 Å². The SMILES string of the molecule is C[C@@H]1c2ccsc2CCN1C(=O)c1ccc(OC(F)(F)F)cc1. The van der Waals surface area contributed by atoms with Crippen LogP contribution in [0.1, 0.15) is 33.8 Å². The summed E-state index contributed by atoms with van der Waals surface area (Å²) in [6.45, 7) is 2.57. The average molecular weight is 341 g/mol. The molecule has 1 aliphatic rings. The van der Waals surface area contributed by atoms with Crippen molar-refractivity contribution in [1.82, 2.24) is 4.90 Å². The smallest absolute Gasteiger partial charge is 0.406 e. The van der Waals surface area contributed by atoms with E-state index in [9.17, 15) is 18.0 Å². The van der Waals surface area contributed by atoms with Crippen LogP contribution in [0.15, 0.2) is 35.7 Å². The summed E-state index contributed by atoms with van der Waals surface area (Å²) in [5.41, 5.74) is 1.50. The zero-order valence-corrected chi connectivity index (χ0v) is 13.1. The van der Waals surface area contributed by atoms with E-state index in [1.54, 1.807) is 16.2 Å². The predicted molar refractivity (Wildman–Crippen MR) is 80.6 cm³/mol. The Hall–Kier alpha value is -2.02. The lowest BCUT2D eigenvalue weighted by molar-refractivity contribution is -0.274. The van der Waals surface area contributed by atoms with Gasteiger partial charge in [0.1, 0.15) is 5.75 Å². The number of benzene rings is 1. The second-order valence-electron chi connectivity index (χ2n) is 5.30. The summed E-state index contributed by atoms with van der Waals surface area (Å²) < 4.78 is 40.3. The van der Waals surface area contributed by atoms with Gasteiger partial charge in [-0.1, -0.05) is 0 Å². The first-order valence-corrected chi connectivity index (χ1v) is 7.96. The third-order valence-corrected chi connectivity index (χ3v) is 4.87. The van der Waals surface area contributed by atoms with E-state index in [4.69, 9.17) is 0 Å². The van der Waals surface area contributed by atoms with E-state index in [0.717, 1.165) is 24.1 Å². The summed E-state index contributed by atoms with van der Waals surface area (Å²) in [6.07, 6.45) is -3.93. The van der Waals surface area contributed by atoms with Crippen LogP contribution >= 0.6 is 11.3 Å². The minimum Gasteiger partial charge on any atom is -0.406 e. The van der Waals surface area contributed by atoms with Crippen LogP contribution < -0.4 is 4.74 Å². The lowest BCUT2D eigenvalue weighted by Gasteiger charge is -2.33. The van der Waals surface area contributed by atoms with Crippen LogP contribution in [0.4, 0.5) is 13.2 Å². The van der Waals surface area contributed by atoms with E-state index < -0.39 is 6.36 Å². The first kappa shape index (κ1) is 15.9. The Morgan fingerprint density at radius 1 is 1.26 bits per heavy atom. The molecule has 2 aromatic rings. The molecule has 1 aromatic carbocycles. The van der Waals surface area contributed by atoms with Crippen molar-refractivity contribution in [3.63, 3.8) is 0 Å². The minimum absolute atomic E-state index is 0.0383. The molecule has 3 rings (SSSR count). The minimum atomic E-state index is -4.73. The fraction of sp³-hybridized carbons (Fsp3) is 0.312. The molecule has 0 spiro atoms. The summed E-state index contributed by atoms with van der Waals surface area (Å²) in [6, 6.07) is 7.02. The van der Waals surface area contributed by atoms with Crippen molar-refractivity contribution in [1.29, 1.82) is 0 Å². The molecule has 0 radical (unpaired) electrons. The van der Waals surface area contributed by atoms with Gasteiger partial charge in [-0.25, -0.2) is 0 Å². The van der Waals surface area contributed by atoms with E-state index in [-0.39, 0.29) is 17.7 Å². The monoisotopic (exact) mass is 341 g/mol. The molecule has 7 heteroatoms. The van der Waals surface area contributed by atoms with Crippen LogP contribution in [0.3, 0.4) is 0 Å². The number of nitrogens with zero attached hydrogens (tertiary/aromatic N) is 1. The van der Waals surface area contributed by atoms with Gasteiger partial charge >= 0.3 is 6.36 Å². The van der Waals surface area contributed by atoms with E-state index in [0.29, 0.717) is 12.1 Å². The maximum Gasteiger partial charge on any atom is 0.573 e. The maximum atomic E-state index is 12.6. The second kappa shape index (κ2) is 5.88. The Morgan fingerprint density at radius 2 is 1.96 bits per heavy atom. The van der Waals surface area contributed by atoms with Crippen LogP contribution in [0, 0.1) is 0 Å². The second-order valence-corrected chi connectivity index (χ2v) is 6.30. The molecule has 0 saturated carbocycles. The van der Waals surface area contributed by atoms with Gasteiger partial charge in [0.2, 0.25) is 0 Å². The lowest BCUT2D eigenvalue weighted by atomic mass is 10.0. The average Bonchev–Trinajstić information content (AvgIpc) is 2.95. The zero-order valence-electron chi connectivity index (χ0n) is 12.3. The van der Waals surface area contributed by atoms with Gasteiger partial charge in [0, 0.05) is 17.0 Å². The molecule has 1 aromatic heterocycles. The number of carbonyl (C=O) groups excluding carboxylic acids is 1. The summed E-state index contributed by atoms with van der Waals surface area (Å²) in [7, 11) is 0. The molecule has 1 amide bonds. The number of ether oxygens (including phenoxy) is 1. The Balaban J connectivity index is 1.76.